The molecule has 8 aromatic rings. The second kappa shape index (κ2) is 6.25. The molecule has 0 N–H and O–H groups in total. The zero-order chi connectivity index (χ0) is 21.5. The first-order valence-electron chi connectivity index (χ1n) is 11.1. The summed E-state index contributed by atoms with van der Waals surface area (Å²) in [5.74, 6) is 0. The number of hydrogen-bond acceptors (Lipinski definition) is 2. The van der Waals surface area contributed by atoms with Crippen molar-refractivity contribution in [1.29, 1.82) is 0 Å². The zero-order valence-corrected chi connectivity index (χ0v) is 18.4. The molecule has 3 heteroatoms. The largest absolute Gasteiger partial charge is 0.455 e. The summed E-state index contributed by atoms with van der Waals surface area (Å²) in [4.78, 5) is 0. The maximum atomic E-state index is 6.62. The first kappa shape index (κ1) is 17.5. The number of rotatable bonds is 1. The molecule has 3 heterocycles. The van der Waals surface area contributed by atoms with Crippen molar-refractivity contribution in [2.75, 3.05) is 0 Å². The first-order chi connectivity index (χ1) is 16.4. The smallest absolute Gasteiger partial charge is 0.146 e. The van der Waals surface area contributed by atoms with E-state index < -0.39 is 0 Å². The quantitative estimate of drug-likeness (QED) is 0.249. The number of para-hydroxylation sites is 3. The third-order valence-electron chi connectivity index (χ3n) is 6.77. The highest BCUT2D eigenvalue weighted by molar-refractivity contribution is 7.27. The van der Waals surface area contributed by atoms with Gasteiger partial charge in [-0.15, -0.1) is 11.3 Å². The summed E-state index contributed by atoms with van der Waals surface area (Å²) in [6.45, 7) is 0. The van der Waals surface area contributed by atoms with Gasteiger partial charge < -0.3 is 8.98 Å². The fraction of sp³-hybridized carbons (Fsp3) is 0. The molecule has 0 aliphatic rings. The third-order valence-corrected chi connectivity index (χ3v) is 7.96. The van der Waals surface area contributed by atoms with Gasteiger partial charge in [0.15, 0.2) is 0 Å². The van der Waals surface area contributed by atoms with E-state index >= 15 is 0 Å². The van der Waals surface area contributed by atoms with Crippen molar-refractivity contribution in [3.05, 3.63) is 103 Å². The third kappa shape index (κ3) is 2.17. The lowest BCUT2D eigenvalue weighted by Gasteiger charge is -2.09. The van der Waals surface area contributed by atoms with E-state index in [4.69, 9.17) is 4.42 Å². The highest BCUT2D eigenvalue weighted by Gasteiger charge is 2.24. The van der Waals surface area contributed by atoms with Gasteiger partial charge in [0, 0.05) is 42.0 Å². The van der Waals surface area contributed by atoms with E-state index in [1.54, 1.807) is 0 Å². The molecule has 154 valence electrons. The van der Waals surface area contributed by atoms with Crippen molar-refractivity contribution in [3.63, 3.8) is 0 Å². The van der Waals surface area contributed by atoms with Gasteiger partial charge in [-0.3, -0.25) is 0 Å². The van der Waals surface area contributed by atoms with E-state index in [-0.39, 0.29) is 0 Å². The molecule has 2 nitrogen and oxygen atoms in total. The van der Waals surface area contributed by atoms with Crippen molar-refractivity contribution >= 4 is 75.3 Å². The van der Waals surface area contributed by atoms with Crippen molar-refractivity contribution in [1.82, 2.24) is 4.57 Å². The Labute approximate surface area is 192 Å². The van der Waals surface area contributed by atoms with Crippen molar-refractivity contribution in [3.8, 4) is 5.69 Å². The number of nitrogens with zero attached hydrogens (tertiary/aromatic N) is 1. The summed E-state index contributed by atoms with van der Waals surface area (Å²) < 4.78 is 11.6. The Hall–Kier alpha value is -4.08. The van der Waals surface area contributed by atoms with Crippen molar-refractivity contribution in [2.24, 2.45) is 0 Å². The lowest BCUT2D eigenvalue weighted by atomic mass is 10.0. The molecule has 0 radical (unpaired) electrons. The van der Waals surface area contributed by atoms with E-state index in [1.807, 2.05) is 11.3 Å². The van der Waals surface area contributed by atoms with Crippen LogP contribution in [0.1, 0.15) is 0 Å². The monoisotopic (exact) mass is 439 g/mol. The van der Waals surface area contributed by atoms with Crippen molar-refractivity contribution in [2.45, 2.75) is 0 Å². The van der Waals surface area contributed by atoms with Gasteiger partial charge in [0.1, 0.15) is 11.2 Å². The Balaban J connectivity index is 1.80. The number of benzene rings is 5. The van der Waals surface area contributed by atoms with Gasteiger partial charge in [-0.05, 0) is 30.3 Å². The minimum Gasteiger partial charge on any atom is -0.455 e. The Bertz CT molecular complexity index is 1990. The second-order valence-electron chi connectivity index (χ2n) is 8.52. The number of thiophene rings is 1. The first-order valence-corrected chi connectivity index (χ1v) is 11.9. The van der Waals surface area contributed by atoms with Crippen LogP contribution in [0, 0.1) is 0 Å². The Morgan fingerprint density at radius 2 is 1.27 bits per heavy atom. The van der Waals surface area contributed by atoms with E-state index in [0.717, 1.165) is 22.2 Å². The van der Waals surface area contributed by atoms with Crippen LogP contribution in [0.2, 0.25) is 0 Å². The molecule has 0 amide bonds. The molecule has 33 heavy (non-hydrogen) atoms. The van der Waals surface area contributed by atoms with Gasteiger partial charge in [-0.1, -0.05) is 72.8 Å². The summed E-state index contributed by atoms with van der Waals surface area (Å²) in [6, 6.07) is 36.6. The van der Waals surface area contributed by atoms with Crippen molar-refractivity contribution < 1.29 is 4.42 Å². The number of hydrogen-bond donors (Lipinski definition) is 0. The lowest BCUT2D eigenvalue weighted by Crippen LogP contribution is -1.93. The van der Waals surface area contributed by atoms with Gasteiger partial charge >= 0.3 is 0 Å². The zero-order valence-electron chi connectivity index (χ0n) is 17.6. The fourth-order valence-corrected chi connectivity index (χ4v) is 6.72. The van der Waals surface area contributed by atoms with Crippen LogP contribution in [-0.4, -0.2) is 4.57 Å². The summed E-state index contributed by atoms with van der Waals surface area (Å²) in [7, 11) is 0. The van der Waals surface area contributed by atoms with Gasteiger partial charge in [-0.2, -0.15) is 0 Å². The molecule has 0 saturated carbocycles. The Morgan fingerprint density at radius 3 is 2.15 bits per heavy atom. The molecule has 0 saturated heterocycles. The van der Waals surface area contributed by atoms with Gasteiger partial charge in [0.25, 0.3) is 0 Å². The molecule has 5 aromatic carbocycles. The predicted molar refractivity (Wildman–Crippen MR) is 141 cm³/mol. The van der Waals surface area contributed by atoms with E-state index in [9.17, 15) is 0 Å². The molecule has 0 bridgehead atoms. The minimum atomic E-state index is 0.932. The van der Waals surface area contributed by atoms with Crippen LogP contribution in [0.4, 0.5) is 0 Å². The Kier molecular flexibility index (Phi) is 3.31. The van der Waals surface area contributed by atoms with E-state index in [2.05, 4.69) is 108 Å². The summed E-state index contributed by atoms with van der Waals surface area (Å²) in [5.41, 5.74) is 5.52. The molecule has 0 spiro atoms. The molecule has 0 aliphatic heterocycles. The summed E-state index contributed by atoms with van der Waals surface area (Å²) in [6.07, 6.45) is 0. The van der Waals surface area contributed by atoms with Crippen LogP contribution in [0.3, 0.4) is 0 Å². The molecule has 3 aromatic heterocycles. The predicted octanol–water partition coefficient (Wildman–Crippen LogP) is 9.05. The van der Waals surface area contributed by atoms with Gasteiger partial charge in [0.05, 0.1) is 16.4 Å². The maximum Gasteiger partial charge on any atom is 0.146 e. The molecule has 0 unspecified atom stereocenters. The topological polar surface area (TPSA) is 18.1 Å². The average molecular weight is 440 g/mol. The second-order valence-corrected chi connectivity index (χ2v) is 9.57. The van der Waals surface area contributed by atoms with E-state index in [1.165, 1.54) is 47.4 Å². The number of fused-ring (bicyclic) bond motifs is 12. The molecule has 0 fully saturated rings. The lowest BCUT2D eigenvalue weighted by molar-refractivity contribution is 0.673. The van der Waals surface area contributed by atoms with E-state index in [0.29, 0.717) is 0 Å². The highest BCUT2D eigenvalue weighted by atomic mass is 32.1. The SMILES string of the molecule is c1ccc(-n2c3ccccc3c3c4sc5ccccc5c4c4oc5ccccc5c4c32)cc1. The van der Waals surface area contributed by atoms with Crippen LogP contribution in [0.5, 0.6) is 0 Å². The minimum absolute atomic E-state index is 0.932. The van der Waals surface area contributed by atoms with Crippen LogP contribution in [-0.2, 0) is 0 Å². The van der Waals surface area contributed by atoms with Crippen LogP contribution < -0.4 is 0 Å². The molecule has 0 aliphatic carbocycles. The summed E-state index contributed by atoms with van der Waals surface area (Å²) in [5, 5.41) is 7.43. The maximum absolute atomic E-state index is 6.62. The van der Waals surface area contributed by atoms with Gasteiger partial charge in [-0.25, -0.2) is 0 Å². The Morgan fingerprint density at radius 1 is 0.576 bits per heavy atom. The van der Waals surface area contributed by atoms with Crippen LogP contribution in [0.25, 0.3) is 69.6 Å². The fourth-order valence-electron chi connectivity index (χ4n) is 5.46. The summed E-state index contributed by atoms with van der Waals surface area (Å²) >= 11 is 1.87. The number of aromatic nitrogens is 1. The van der Waals surface area contributed by atoms with Crippen LogP contribution >= 0.6 is 11.3 Å². The van der Waals surface area contributed by atoms with Gasteiger partial charge in [0.2, 0.25) is 0 Å². The average Bonchev–Trinajstić information content (AvgIpc) is 3.53. The molecular weight excluding hydrogens is 422 g/mol. The standard InChI is InChI=1S/C30H17NOS/c1-2-10-18(11-3-1)31-22-15-7-4-12-19(22)26-28(31)25-20-13-5-8-16-23(20)32-29(25)27-21-14-6-9-17-24(21)33-30(26)27/h1-17H. The molecule has 0 atom stereocenters. The highest BCUT2D eigenvalue weighted by Crippen LogP contribution is 2.50. The van der Waals surface area contributed by atoms with Crippen LogP contribution in [0.15, 0.2) is 108 Å². The molecule has 8 rings (SSSR count). The number of furan rings is 1. The molecular formula is C30H17NOS. The normalized spacial score (nSPS) is 12.2.